The lowest BCUT2D eigenvalue weighted by molar-refractivity contribution is -0.881. The van der Waals surface area contributed by atoms with Gasteiger partial charge in [-0.2, -0.15) is 0 Å². The average Bonchev–Trinajstić information content (AvgIpc) is 2.97. The van der Waals surface area contributed by atoms with Crippen LogP contribution in [0.2, 0.25) is 0 Å². The molecule has 0 aromatic heterocycles. The summed E-state index contributed by atoms with van der Waals surface area (Å²) in [5, 5.41) is 5.82. The number of likely N-dealkylation sites (N-methyl/N-ethyl adjacent to an activating group) is 1. The largest absolute Gasteiger partial charge is 0.494 e. The first-order valence-electron chi connectivity index (χ1n) is 10.2. The number of amides is 2. The van der Waals surface area contributed by atoms with Crippen molar-refractivity contribution in [2.75, 3.05) is 26.2 Å². The number of hydrogen-bond donors (Lipinski definition) is 3. The molecule has 0 aliphatic carbocycles. The van der Waals surface area contributed by atoms with Crippen molar-refractivity contribution in [1.29, 1.82) is 0 Å². The molecular weight excluding hydrogens is 358 g/mol. The van der Waals surface area contributed by atoms with Crippen molar-refractivity contribution in [2.45, 2.75) is 59.7 Å². The standard InChI is InChI=1S/C21H33N3O4/c1-6-24(13-21(26)23-14(3)4)12-20(25)22-11-17-10-19-16(8-15(5)28-19)9-18(17)27-7-2/h9-10,14-15H,6-8,11-13H2,1-5H3,(H,22,25)(H,23,26)/p+1/t15-/m1/s1. The van der Waals surface area contributed by atoms with Crippen molar-refractivity contribution < 1.29 is 24.0 Å². The molecule has 0 bridgehead atoms. The Labute approximate surface area is 167 Å². The van der Waals surface area contributed by atoms with E-state index < -0.39 is 0 Å². The Balaban J connectivity index is 1.94. The summed E-state index contributed by atoms with van der Waals surface area (Å²) < 4.78 is 11.6. The van der Waals surface area contributed by atoms with Crippen LogP contribution >= 0.6 is 0 Å². The van der Waals surface area contributed by atoms with E-state index in [9.17, 15) is 9.59 Å². The zero-order valence-corrected chi connectivity index (χ0v) is 17.7. The Bertz CT molecular complexity index is 690. The van der Waals surface area contributed by atoms with Crippen LogP contribution < -0.4 is 25.0 Å². The van der Waals surface area contributed by atoms with Crippen molar-refractivity contribution in [2.24, 2.45) is 0 Å². The first kappa shape index (κ1) is 22.0. The van der Waals surface area contributed by atoms with Gasteiger partial charge in [0.25, 0.3) is 11.8 Å². The molecule has 1 unspecified atom stereocenters. The molecule has 0 fully saturated rings. The molecule has 1 aromatic rings. The van der Waals surface area contributed by atoms with Gasteiger partial charge in [-0.05, 0) is 46.8 Å². The zero-order valence-electron chi connectivity index (χ0n) is 17.7. The molecule has 0 saturated carbocycles. The quantitative estimate of drug-likeness (QED) is 0.540. The van der Waals surface area contributed by atoms with Crippen LogP contribution in [0.25, 0.3) is 0 Å². The number of nitrogens with one attached hydrogen (secondary N) is 3. The Morgan fingerprint density at radius 1 is 1.25 bits per heavy atom. The van der Waals surface area contributed by atoms with Crippen LogP contribution in [0.4, 0.5) is 0 Å². The average molecular weight is 393 g/mol. The van der Waals surface area contributed by atoms with Gasteiger partial charge in [-0.25, -0.2) is 0 Å². The maximum Gasteiger partial charge on any atom is 0.275 e. The molecular formula is C21H34N3O4+. The van der Waals surface area contributed by atoms with E-state index in [4.69, 9.17) is 9.47 Å². The van der Waals surface area contributed by atoms with Gasteiger partial charge in [0.2, 0.25) is 0 Å². The van der Waals surface area contributed by atoms with Gasteiger partial charge in [0.05, 0.1) is 13.2 Å². The maximum atomic E-state index is 12.4. The first-order valence-corrected chi connectivity index (χ1v) is 10.2. The normalized spacial score (nSPS) is 16.3. The van der Waals surface area contributed by atoms with E-state index in [0.717, 1.165) is 33.9 Å². The number of rotatable bonds is 10. The molecule has 7 heteroatoms. The first-order chi connectivity index (χ1) is 13.3. The van der Waals surface area contributed by atoms with E-state index in [-0.39, 0.29) is 37.0 Å². The van der Waals surface area contributed by atoms with Gasteiger partial charge in [-0.3, -0.25) is 9.59 Å². The van der Waals surface area contributed by atoms with Crippen LogP contribution in [0, 0.1) is 0 Å². The summed E-state index contributed by atoms with van der Waals surface area (Å²) in [6, 6.07) is 4.08. The van der Waals surface area contributed by atoms with Crippen molar-refractivity contribution in [3.8, 4) is 11.5 Å². The third kappa shape index (κ3) is 6.41. The van der Waals surface area contributed by atoms with Crippen LogP contribution in [0.5, 0.6) is 11.5 Å². The van der Waals surface area contributed by atoms with Crippen LogP contribution in [0.3, 0.4) is 0 Å². The lowest BCUT2D eigenvalue weighted by Crippen LogP contribution is -3.14. The second-order valence-electron chi connectivity index (χ2n) is 7.59. The molecule has 0 radical (unpaired) electrons. The predicted molar refractivity (Wildman–Crippen MR) is 108 cm³/mol. The van der Waals surface area contributed by atoms with E-state index in [1.807, 2.05) is 46.8 Å². The van der Waals surface area contributed by atoms with Crippen molar-refractivity contribution >= 4 is 11.8 Å². The fourth-order valence-corrected chi connectivity index (χ4v) is 3.31. The topological polar surface area (TPSA) is 81.1 Å². The highest BCUT2D eigenvalue weighted by Crippen LogP contribution is 2.35. The van der Waals surface area contributed by atoms with Crippen molar-refractivity contribution in [3.05, 3.63) is 23.3 Å². The molecule has 3 N–H and O–H groups in total. The minimum absolute atomic E-state index is 0.0387. The minimum Gasteiger partial charge on any atom is -0.494 e. The number of hydrogen-bond acceptors (Lipinski definition) is 4. The number of quaternary nitrogens is 1. The van der Waals surface area contributed by atoms with Gasteiger partial charge in [0, 0.05) is 30.1 Å². The summed E-state index contributed by atoms with van der Waals surface area (Å²) in [4.78, 5) is 25.3. The van der Waals surface area contributed by atoms with E-state index in [1.165, 1.54) is 0 Å². The smallest absolute Gasteiger partial charge is 0.275 e. The molecule has 28 heavy (non-hydrogen) atoms. The third-order valence-corrected chi connectivity index (χ3v) is 4.63. The molecule has 7 nitrogen and oxygen atoms in total. The lowest BCUT2D eigenvalue weighted by atomic mass is 10.1. The lowest BCUT2D eigenvalue weighted by Gasteiger charge is -2.18. The summed E-state index contributed by atoms with van der Waals surface area (Å²) in [7, 11) is 0. The zero-order chi connectivity index (χ0) is 20.7. The predicted octanol–water partition coefficient (Wildman–Crippen LogP) is 0.454. The minimum atomic E-state index is -0.0913. The van der Waals surface area contributed by atoms with Crippen LogP contribution in [-0.2, 0) is 22.6 Å². The fourth-order valence-electron chi connectivity index (χ4n) is 3.31. The third-order valence-electron chi connectivity index (χ3n) is 4.63. The van der Waals surface area contributed by atoms with Gasteiger partial charge in [0.1, 0.15) is 17.6 Å². The summed E-state index contributed by atoms with van der Waals surface area (Å²) in [5.74, 6) is 1.52. The van der Waals surface area contributed by atoms with E-state index in [1.54, 1.807) is 0 Å². The molecule has 2 rings (SSSR count). The number of carbonyl (C=O) groups is 2. The molecule has 0 saturated heterocycles. The van der Waals surface area contributed by atoms with E-state index >= 15 is 0 Å². The van der Waals surface area contributed by atoms with Gasteiger partial charge >= 0.3 is 0 Å². The Morgan fingerprint density at radius 3 is 2.61 bits per heavy atom. The number of fused-ring (bicyclic) bond motifs is 1. The second kappa shape index (κ2) is 10.3. The molecule has 0 spiro atoms. The van der Waals surface area contributed by atoms with Crippen molar-refractivity contribution in [3.63, 3.8) is 0 Å². The molecule has 156 valence electrons. The Kier molecular flexibility index (Phi) is 8.11. The SMILES string of the molecule is CCOc1cc2c(cc1CNC(=O)C[NH+](CC)CC(=O)NC(C)C)O[C@H](C)C2. The monoisotopic (exact) mass is 392 g/mol. The van der Waals surface area contributed by atoms with Gasteiger partial charge in [-0.1, -0.05) is 0 Å². The number of benzene rings is 1. The molecule has 1 aliphatic rings. The summed E-state index contributed by atoms with van der Waals surface area (Å²) >= 11 is 0. The fraction of sp³-hybridized carbons (Fsp3) is 0.619. The molecule has 1 aliphatic heterocycles. The van der Waals surface area contributed by atoms with Gasteiger partial charge in [-0.15, -0.1) is 0 Å². The van der Waals surface area contributed by atoms with Crippen LogP contribution in [0.1, 0.15) is 45.7 Å². The highest BCUT2D eigenvalue weighted by Gasteiger charge is 2.22. The molecule has 2 amide bonds. The second-order valence-corrected chi connectivity index (χ2v) is 7.59. The molecule has 1 aromatic carbocycles. The van der Waals surface area contributed by atoms with Gasteiger partial charge in [0.15, 0.2) is 13.1 Å². The summed E-state index contributed by atoms with van der Waals surface area (Å²) in [5.41, 5.74) is 2.04. The summed E-state index contributed by atoms with van der Waals surface area (Å²) in [6.45, 7) is 12.0. The Morgan fingerprint density at radius 2 is 1.96 bits per heavy atom. The van der Waals surface area contributed by atoms with E-state index in [2.05, 4.69) is 10.6 Å². The molecule has 2 atom stereocenters. The molecule has 1 heterocycles. The Hall–Kier alpha value is -2.28. The van der Waals surface area contributed by atoms with Crippen molar-refractivity contribution in [1.82, 2.24) is 10.6 Å². The highest BCUT2D eigenvalue weighted by molar-refractivity contribution is 5.79. The highest BCUT2D eigenvalue weighted by atomic mass is 16.5. The number of carbonyl (C=O) groups excluding carboxylic acids is 2. The van der Waals surface area contributed by atoms with Crippen LogP contribution in [-0.4, -0.2) is 50.2 Å². The van der Waals surface area contributed by atoms with Gasteiger partial charge < -0.3 is 25.0 Å². The number of ether oxygens (including phenoxy) is 2. The summed E-state index contributed by atoms with van der Waals surface area (Å²) in [6.07, 6.45) is 1.03. The maximum absolute atomic E-state index is 12.4. The van der Waals surface area contributed by atoms with E-state index in [0.29, 0.717) is 19.7 Å². The van der Waals surface area contributed by atoms with Crippen LogP contribution in [0.15, 0.2) is 12.1 Å².